The first-order valence-corrected chi connectivity index (χ1v) is 9.16. The normalized spacial score (nSPS) is 12.2. The summed E-state index contributed by atoms with van der Waals surface area (Å²) in [6.45, 7) is 5.82. The summed E-state index contributed by atoms with van der Waals surface area (Å²) in [6, 6.07) is 6.04. The van der Waals surface area contributed by atoms with Gasteiger partial charge in [-0.25, -0.2) is 0 Å². The molecule has 0 saturated heterocycles. The van der Waals surface area contributed by atoms with Crippen LogP contribution < -0.4 is 5.56 Å². The molecule has 0 unspecified atom stereocenters. The molecule has 152 valence electrons. The van der Waals surface area contributed by atoms with Gasteiger partial charge in [-0.3, -0.25) is 9.59 Å². The third-order valence-corrected chi connectivity index (χ3v) is 4.98. The molecule has 7 nitrogen and oxygen atoms in total. The Balaban J connectivity index is 2.40. The molecule has 2 aromatic rings. The van der Waals surface area contributed by atoms with Crippen LogP contribution in [0.1, 0.15) is 43.0 Å². The Morgan fingerprint density at radius 2 is 1.79 bits per heavy atom. The van der Waals surface area contributed by atoms with E-state index in [-0.39, 0.29) is 40.7 Å². The molecule has 1 aromatic heterocycles. The molecule has 2 rings (SSSR count). The minimum absolute atomic E-state index is 0.00582. The van der Waals surface area contributed by atoms with Crippen LogP contribution in [0, 0.1) is 12.8 Å². The van der Waals surface area contributed by atoms with E-state index in [1.165, 1.54) is 25.3 Å². The van der Waals surface area contributed by atoms with Gasteiger partial charge in [0.05, 0.1) is 19.1 Å². The molecule has 0 aliphatic heterocycles. The predicted molar refractivity (Wildman–Crippen MR) is 105 cm³/mol. The van der Waals surface area contributed by atoms with E-state index in [1.807, 2.05) is 13.8 Å². The number of phenolic OH excluding ortho intramolecular Hbond substituents is 2. The summed E-state index contributed by atoms with van der Waals surface area (Å²) in [7, 11) is 1.29. The Bertz CT molecular complexity index is 916. The van der Waals surface area contributed by atoms with Crippen LogP contribution in [0.15, 0.2) is 29.1 Å². The number of esters is 1. The van der Waals surface area contributed by atoms with Crippen molar-refractivity contribution in [1.82, 2.24) is 4.57 Å². The molecule has 0 fully saturated rings. The zero-order valence-corrected chi connectivity index (χ0v) is 16.6. The molecular formula is C21H27NO6. The van der Waals surface area contributed by atoms with Crippen molar-refractivity contribution >= 4 is 5.97 Å². The van der Waals surface area contributed by atoms with E-state index in [9.17, 15) is 24.9 Å². The highest BCUT2D eigenvalue weighted by molar-refractivity contribution is 5.70. The van der Waals surface area contributed by atoms with E-state index in [4.69, 9.17) is 4.74 Å². The largest absolute Gasteiger partial charge is 0.507 e. The van der Waals surface area contributed by atoms with Gasteiger partial charge in [0.1, 0.15) is 5.75 Å². The lowest BCUT2D eigenvalue weighted by Gasteiger charge is -2.22. The number of pyridine rings is 1. The van der Waals surface area contributed by atoms with E-state index in [0.717, 1.165) is 5.56 Å². The van der Waals surface area contributed by atoms with E-state index < -0.39 is 11.9 Å². The lowest BCUT2D eigenvalue weighted by atomic mass is 9.85. The molecule has 0 radical (unpaired) electrons. The number of phenols is 2. The third-order valence-electron chi connectivity index (χ3n) is 4.98. The molecule has 0 aliphatic carbocycles. The van der Waals surface area contributed by atoms with Crippen molar-refractivity contribution in [2.24, 2.45) is 5.92 Å². The van der Waals surface area contributed by atoms with Gasteiger partial charge in [-0.15, -0.1) is 0 Å². The number of methoxy groups -OCH3 is 1. The number of nitrogens with zero attached hydrogens (tertiary/aromatic N) is 1. The average Bonchev–Trinajstić information content (AvgIpc) is 2.62. The Morgan fingerprint density at radius 3 is 2.36 bits per heavy atom. The summed E-state index contributed by atoms with van der Waals surface area (Å²) in [5, 5.41) is 29.5. The topological polar surface area (TPSA) is 109 Å². The second-order valence-electron chi connectivity index (χ2n) is 7.25. The van der Waals surface area contributed by atoms with Gasteiger partial charge < -0.3 is 24.6 Å². The summed E-state index contributed by atoms with van der Waals surface area (Å²) in [5.74, 6) is -1.50. The molecular weight excluding hydrogens is 362 g/mol. The molecule has 0 aliphatic rings. The smallest absolute Gasteiger partial charge is 0.306 e. The summed E-state index contributed by atoms with van der Waals surface area (Å²) in [5.41, 5.74) is 1.21. The highest BCUT2D eigenvalue weighted by Gasteiger charge is 2.27. The Labute approximate surface area is 163 Å². The van der Waals surface area contributed by atoms with Gasteiger partial charge in [0, 0.05) is 18.2 Å². The van der Waals surface area contributed by atoms with Crippen molar-refractivity contribution in [3.8, 4) is 17.2 Å². The van der Waals surface area contributed by atoms with Crippen LogP contribution >= 0.6 is 0 Å². The minimum Gasteiger partial charge on any atom is -0.507 e. The Hall–Kier alpha value is -2.96. The minimum atomic E-state index is -0.468. The van der Waals surface area contributed by atoms with E-state index in [1.54, 1.807) is 17.6 Å². The number of hydrogen-bond acceptors (Lipinski definition) is 6. The lowest BCUT2D eigenvalue weighted by Crippen LogP contribution is -2.30. The maximum atomic E-state index is 13.1. The number of carbonyl (C=O) groups excluding carboxylic acids is 1. The first-order valence-electron chi connectivity index (χ1n) is 9.16. The fraction of sp³-hybridized carbons (Fsp3) is 0.429. The highest BCUT2D eigenvalue weighted by atomic mass is 16.5. The molecule has 7 heteroatoms. The summed E-state index contributed by atoms with van der Waals surface area (Å²) < 4.78 is 6.29. The number of benzene rings is 1. The molecule has 28 heavy (non-hydrogen) atoms. The highest BCUT2D eigenvalue weighted by Crippen LogP contribution is 2.32. The van der Waals surface area contributed by atoms with Crippen LogP contribution in [0.2, 0.25) is 0 Å². The van der Waals surface area contributed by atoms with E-state index >= 15 is 0 Å². The zero-order valence-electron chi connectivity index (χ0n) is 16.6. The van der Waals surface area contributed by atoms with E-state index in [2.05, 4.69) is 0 Å². The molecule has 0 spiro atoms. The van der Waals surface area contributed by atoms with Crippen LogP contribution in [0.5, 0.6) is 17.2 Å². The van der Waals surface area contributed by atoms with Gasteiger partial charge in [0.2, 0.25) is 0 Å². The standard InChI is InChI=1S/C21H27NO6/c1-12(2)15(11-19(26)28-4)20-18(25)9-13(3)22(21(20)27)8-7-14-5-6-16(23)17(24)10-14/h5-6,9-10,12,15,23-25H,7-8,11H2,1-4H3/t15-/m0/s1. The number of aryl methyl sites for hydroxylation is 2. The fourth-order valence-corrected chi connectivity index (χ4v) is 3.29. The van der Waals surface area contributed by atoms with Crippen LogP contribution in [-0.4, -0.2) is 33.0 Å². The number of rotatable bonds is 7. The number of aromatic hydroxyl groups is 3. The van der Waals surface area contributed by atoms with Crippen LogP contribution in [0.4, 0.5) is 0 Å². The molecule has 3 N–H and O–H groups in total. The van der Waals surface area contributed by atoms with Crippen molar-refractivity contribution < 1.29 is 24.9 Å². The van der Waals surface area contributed by atoms with E-state index in [0.29, 0.717) is 18.7 Å². The maximum Gasteiger partial charge on any atom is 0.306 e. The molecule has 1 aromatic carbocycles. The molecule has 0 bridgehead atoms. The Morgan fingerprint density at radius 1 is 1.11 bits per heavy atom. The second kappa shape index (κ2) is 8.82. The van der Waals surface area contributed by atoms with Gasteiger partial charge in [0.25, 0.3) is 5.56 Å². The van der Waals surface area contributed by atoms with Gasteiger partial charge in [-0.2, -0.15) is 0 Å². The van der Waals surface area contributed by atoms with Crippen LogP contribution in [-0.2, 0) is 22.5 Å². The van der Waals surface area contributed by atoms with Gasteiger partial charge in [-0.1, -0.05) is 19.9 Å². The lowest BCUT2D eigenvalue weighted by molar-refractivity contribution is -0.141. The molecule has 0 saturated carbocycles. The number of aromatic nitrogens is 1. The summed E-state index contributed by atoms with van der Waals surface area (Å²) in [4.78, 5) is 24.9. The van der Waals surface area contributed by atoms with Gasteiger partial charge >= 0.3 is 5.97 Å². The number of hydrogen-bond donors (Lipinski definition) is 3. The van der Waals surface area contributed by atoms with Crippen molar-refractivity contribution in [1.29, 1.82) is 0 Å². The maximum absolute atomic E-state index is 13.1. The molecule has 1 atom stereocenters. The summed E-state index contributed by atoms with van der Waals surface area (Å²) >= 11 is 0. The summed E-state index contributed by atoms with van der Waals surface area (Å²) in [6.07, 6.45) is 0.452. The third kappa shape index (κ3) is 4.65. The van der Waals surface area contributed by atoms with Crippen molar-refractivity contribution in [3.63, 3.8) is 0 Å². The molecule has 1 heterocycles. The predicted octanol–water partition coefficient (Wildman–Crippen LogP) is 2.82. The second-order valence-corrected chi connectivity index (χ2v) is 7.25. The number of carbonyl (C=O) groups is 1. The van der Waals surface area contributed by atoms with Gasteiger partial charge in [0.15, 0.2) is 11.5 Å². The zero-order chi connectivity index (χ0) is 21.0. The fourth-order valence-electron chi connectivity index (χ4n) is 3.29. The molecule has 0 amide bonds. The van der Waals surface area contributed by atoms with Crippen molar-refractivity contribution in [2.45, 2.75) is 46.1 Å². The Kier molecular flexibility index (Phi) is 6.72. The van der Waals surface area contributed by atoms with Crippen LogP contribution in [0.3, 0.4) is 0 Å². The van der Waals surface area contributed by atoms with Gasteiger partial charge in [-0.05, 0) is 43.0 Å². The van der Waals surface area contributed by atoms with Crippen molar-refractivity contribution in [2.75, 3.05) is 7.11 Å². The number of ether oxygens (including phenoxy) is 1. The monoisotopic (exact) mass is 389 g/mol. The first kappa shape index (κ1) is 21.3. The first-order chi connectivity index (χ1) is 13.1. The quantitative estimate of drug-likeness (QED) is 0.496. The SMILES string of the molecule is COC(=O)C[C@H](c1c(O)cc(C)n(CCc2ccc(O)c(O)c2)c1=O)C(C)C. The van der Waals surface area contributed by atoms with Crippen molar-refractivity contribution in [3.05, 3.63) is 51.4 Å². The van der Waals surface area contributed by atoms with Crippen LogP contribution in [0.25, 0.3) is 0 Å². The average molecular weight is 389 g/mol.